The van der Waals surface area contributed by atoms with Crippen LogP contribution in [0.25, 0.3) is 6.08 Å². The summed E-state index contributed by atoms with van der Waals surface area (Å²) in [6.45, 7) is 13.2. The molecule has 1 aromatic carbocycles. The lowest BCUT2D eigenvalue weighted by Gasteiger charge is -2.26. The maximum Gasteiger partial charge on any atom is -0.0134 e. The molecule has 0 radical (unpaired) electrons. The third-order valence-electron chi connectivity index (χ3n) is 4.28. The quantitative estimate of drug-likeness (QED) is 0.560. The van der Waals surface area contributed by atoms with Crippen LogP contribution in [0.2, 0.25) is 0 Å². The van der Waals surface area contributed by atoms with Crippen molar-refractivity contribution in [2.75, 3.05) is 0 Å². The first kappa shape index (κ1) is 15.0. The van der Waals surface area contributed by atoms with E-state index >= 15 is 0 Å². The predicted molar refractivity (Wildman–Crippen MR) is 82.8 cm³/mol. The highest BCUT2D eigenvalue weighted by molar-refractivity contribution is 5.47. The monoisotopic (exact) mass is 244 g/mol. The number of hydrogen-bond donors (Lipinski definition) is 0. The van der Waals surface area contributed by atoms with Gasteiger partial charge in [0.05, 0.1) is 0 Å². The molecular weight excluding hydrogens is 216 g/mol. The van der Waals surface area contributed by atoms with E-state index in [1.54, 1.807) is 0 Å². The molecule has 0 fully saturated rings. The molecule has 0 aliphatic heterocycles. The van der Waals surface area contributed by atoms with E-state index in [2.05, 4.69) is 58.5 Å². The van der Waals surface area contributed by atoms with Gasteiger partial charge in [-0.2, -0.15) is 0 Å². The summed E-state index contributed by atoms with van der Waals surface area (Å²) in [6, 6.07) is 8.95. The molecule has 0 aliphatic rings. The van der Waals surface area contributed by atoms with Gasteiger partial charge in [0.25, 0.3) is 0 Å². The second-order valence-corrected chi connectivity index (χ2v) is 5.61. The van der Waals surface area contributed by atoms with E-state index in [1.807, 2.05) is 6.08 Å². The van der Waals surface area contributed by atoms with Crippen LogP contribution in [0.5, 0.6) is 0 Å². The van der Waals surface area contributed by atoms with Crippen LogP contribution in [0.3, 0.4) is 0 Å². The fourth-order valence-electron chi connectivity index (χ4n) is 2.46. The number of hydrogen-bond acceptors (Lipinski definition) is 0. The SMILES string of the molecule is C=Cc1ccc(C(CC(C)CC)C(C)CC)cc1. The average molecular weight is 244 g/mol. The molecule has 0 spiro atoms. The molecule has 0 aliphatic carbocycles. The van der Waals surface area contributed by atoms with Crippen LogP contribution in [0.1, 0.15) is 64.0 Å². The van der Waals surface area contributed by atoms with Gasteiger partial charge < -0.3 is 0 Å². The summed E-state index contributed by atoms with van der Waals surface area (Å²) >= 11 is 0. The molecule has 1 aromatic rings. The van der Waals surface area contributed by atoms with Crippen molar-refractivity contribution in [1.82, 2.24) is 0 Å². The average Bonchev–Trinajstić information content (AvgIpc) is 2.43. The molecule has 100 valence electrons. The minimum atomic E-state index is 0.698. The van der Waals surface area contributed by atoms with Gasteiger partial charge in [0, 0.05) is 0 Å². The molecule has 3 atom stereocenters. The maximum atomic E-state index is 3.82. The van der Waals surface area contributed by atoms with Crippen LogP contribution < -0.4 is 0 Å². The van der Waals surface area contributed by atoms with E-state index in [0.717, 1.165) is 11.8 Å². The zero-order valence-corrected chi connectivity index (χ0v) is 12.4. The topological polar surface area (TPSA) is 0 Å². The van der Waals surface area contributed by atoms with Crippen molar-refractivity contribution in [1.29, 1.82) is 0 Å². The summed E-state index contributed by atoms with van der Waals surface area (Å²) < 4.78 is 0. The van der Waals surface area contributed by atoms with Crippen molar-refractivity contribution in [3.63, 3.8) is 0 Å². The van der Waals surface area contributed by atoms with Crippen LogP contribution >= 0.6 is 0 Å². The van der Waals surface area contributed by atoms with Gasteiger partial charge in [-0.05, 0) is 35.3 Å². The van der Waals surface area contributed by atoms with Crippen LogP contribution in [-0.4, -0.2) is 0 Å². The molecule has 0 heteroatoms. The number of rotatable bonds is 7. The van der Waals surface area contributed by atoms with Gasteiger partial charge in [-0.15, -0.1) is 0 Å². The minimum absolute atomic E-state index is 0.698. The summed E-state index contributed by atoms with van der Waals surface area (Å²) in [6.07, 6.45) is 5.75. The third kappa shape index (κ3) is 4.01. The van der Waals surface area contributed by atoms with Gasteiger partial charge in [-0.3, -0.25) is 0 Å². The molecule has 1 rings (SSSR count). The molecule has 0 saturated carbocycles. The molecule has 0 heterocycles. The van der Waals surface area contributed by atoms with Crippen molar-refractivity contribution in [2.24, 2.45) is 11.8 Å². The van der Waals surface area contributed by atoms with Crippen molar-refractivity contribution >= 4 is 6.08 Å². The highest BCUT2D eigenvalue weighted by atomic mass is 14.2. The largest absolute Gasteiger partial charge is 0.0985 e. The highest BCUT2D eigenvalue weighted by Gasteiger charge is 2.19. The van der Waals surface area contributed by atoms with Gasteiger partial charge in [0.2, 0.25) is 0 Å². The van der Waals surface area contributed by atoms with Crippen LogP contribution in [-0.2, 0) is 0 Å². The third-order valence-corrected chi connectivity index (χ3v) is 4.28. The van der Waals surface area contributed by atoms with Crippen molar-refractivity contribution in [3.8, 4) is 0 Å². The Hall–Kier alpha value is -1.04. The standard InChI is InChI=1S/C18H28/c1-6-14(4)13-18(15(5)7-2)17-11-9-16(8-3)10-12-17/h8-12,14-15,18H,3,6-7,13H2,1-2,4-5H3. The smallest absolute Gasteiger partial charge is 0.0134 e. The van der Waals surface area contributed by atoms with Crippen LogP contribution in [0, 0.1) is 11.8 Å². The van der Waals surface area contributed by atoms with E-state index in [1.165, 1.54) is 30.4 Å². The molecule has 3 unspecified atom stereocenters. The summed E-state index contributed by atoms with van der Waals surface area (Å²) in [5, 5.41) is 0. The Morgan fingerprint density at radius 1 is 1.06 bits per heavy atom. The number of benzene rings is 1. The molecule has 0 saturated heterocycles. The maximum absolute atomic E-state index is 3.82. The van der Waals surface area contributed by atoms with E-state index in [-0.39, 0.29) is 0 Å². The molecular formula is C18H28. The Labute approximate surface area is 113 Å². The van der Waals surface area contributed by atoms with Gasteiger partial charge in [-0.25, -0.2) is 0 Å². The predicted octanol–water partition coefficient (Wildman–Crippen LogP) is 5.90. The first-order chi connectivity index (χ1) is 8.62. The molecule has 0 aromatic heterocycles. The van der Waals surface area contributed by atoms with Gasteiger partial charge in [0.1, 0.15) is 0 Å². The van der Waals surface area contributed by atoms with Crippen LogP contribution in [0.15, 0.2) is 30.8 Å². The van der Waals surface area contributed by atoms with E-state index in [0.29, 0.717) is 5.92 Å². The lowest BCUT2D eigenvalue weighted by Crippen LogP contribution is -2.12. The van der Waals surface area contributed by atoms with E-state index in [4.69, 9.17) is 0 Å². The molecule has 0 nitrogen and oxygen atoms in total. The molecule has 0 bridgehead atoms. The fraction of sp³-hybridized carbons (Fsp3) is 0.556. The fourth-order valence-corrected chi connectivity index (χ4v) is 2.46. The second kappa shape index (κ2) is 7.41. The summed E-state index contributed by atoms with van der Waals surface area (Å²) in [5.74, 6) is 2.26. The van der Waals surface area contributed by atoms with Crippen LogP contribution in [0.4, 0.5) is 0 Å². The second-order valence-electron chi connectivity index (χ2n) is 5.61. The Kier molecular flexibility index (Phi) is 6.18. The first-order valence-electron chi connectivity index (χ1n) is 7.34. The van der Waals surface area contributed by atoms with Crippen molar-refractivity contribution < 1.29 is 0 Å². The summed E-state index contributed by atoms with van der Waals surface area (Å²) in [5.41, 5.74) is 2.71. The van der Waals surface area contributed by atoms with E-state index in [9.17, 15) is 0 Å². The highest BCUT2D eigenvalue weighted by Crippen LogP contribution is 2.33. The zero-order chi connectivity index (χ0) is 13.5. The van der Waals surface area contributed by atoms with Crippen molar-refractivity contribution in [3.05, 3.63) is 42.0 Å². The normalized spacial score (nSPS) is 16.0. The Morgan fingerprint density at radius 3 is 2.11 bits per heavy atom. The van der Waals surface area contributed by atoms with Crippen molar-refractivity contribution in [2.45, 2.75) is 52.9 Å². The van der Waals surface area contributed by atoms with Gasteiger partial charge in [0.15, 0.2) is 0 Å². The zero-order valence-electron chi connectivity index (χ0n) is 12.4. The lowest BCUT2D eigenvalue weighted by molar-refractivity contribution is 0.359. The Balaban J connectivity index is 2.89. The minimum Gasteiger partial charge on any atom is -0.0985 e. The first-order valence-corrected chi connectivity index (χ1v) is 7.34. The van der Waals surface area contributed by atoms with Gasteiger partial charge >= 0.3 is 0 Å². The Morgan fingerprint density at radius 2 is 1.67 bits per heavy atom. The lowest BCUT2D eigenvalue weighted by atomic mass is 9.79. The Bertz CT molecular complexity index is 347. The summed E-state index contributed by atoms with van der Waals surface area (Å²) in [7, 11) is 0. The van der Waals surface area contributed by atoms with Gasteiger partial charge in [-0.1, -0.05) is 77.5 Å². The molecule has 18 heavy (non-hydrogen) atoms. The summed E-state index contributed by atoms with van der Waals surface area (Å²) in [4.78, 5) is 0. The van der Waals surface area contributed by atoms with E-state index < -0.39 is 0 Å². The molecule has 0 N–H and O–H groups in total. The molecule has 0 amide bonds.